The Balaban J connectivity index is 3.03. The minimum atomic E-state index is -0.954. The van der Waals surface area contributed by atoms with Crippen LogP contribution in [0.2, 0.25) is 0 Å². The van der Waals surface area contributed by atoms with Crippen LogP contribution in [0, 0.1) is 0 Å². The van der Waals surface area contributed by atoms with E-state index in [2.05, 4.69) is 12.6 Å². The Morgan fingerprint density at radius 1 is 1.56 bits per heavy atom. The lowest BCUT2D eigenvalue weighted by atomic mass is 10.1. The van der Waals surface area contributed by atoms with Crippen LogP contribution in [0.1, 0.15) is 22.3 Å². The molecule has 0 aromatic heterocycles. The Kier molecular flexibility index (Phi) is 4.92. The van der Waals surface area contributed by atoms with E-state index >= 15 is 0 Å². The van der Waals surface area contributed by atoms with E-state index in [9.17, 15) is 4.79 Å². The van der Waals surface area contributed by atoms with Crippen LogP contribution in [-0.4, -0.2) is 23.9 Å². The van der Waals surface area contributed by atoms with Gasteiger partial charge in [-0.15, -0.1) is 0 Å². The lowest BCUT2D eigenvalue weighted by molar-refractivity contribution is 0.0696. The quantitative estimate of drug-likeness (QED) is 0.775. The third-order valence-corrected chi connectivity index (χ3v) is 2.34. The summed E-state index contributed by atoms with van der Waals surface area (Å²) >= 11 is 4.08. The molecule has 0 unspecified atom stereocenters. The fourth-order valence-electron chi connectivity index (χ4n) is 1.28. The molecule has 0 aliphatic carbocycles. The van der Waals surface area contributed by atoms with Gasteiger partial charge in [0.1, 0.15) is 5.75 Å². The normalized spacial score (nSPS) is 10.6. The zero-order valence-corrected chi connectivity index (χ0v) is 9.91. The van der Waals surface area contributed by atoms with Crippen molar-refractivity contribution in [1.29, 1.82) is 0 Å². The maximum absolute atomic E-state index is 11.0. The first kappa shape index (κ1) is 12.6. The van der Waals surface area contributed by atoms with Crippen molar-refractivity contribution in [2.75, 3.05) is 12.9 Å². The van der Waals surface area contributed by atoms with E-state index in [-0.39, 0.29) is 5.56 Å². The molecule has 0 fully saturated rings. The monoisotopic (exact) mass is 238 g/mol. The van der Waals surface area contributed by atoms with E-state index in [1.807, 2.05) is 6.08 Å². The Morgan fingerprint density at radius 2 is 2.31 bits per heavy atom. The summed E-state index contributed by atoms with van der Waals surface area (Å²) in [7, 11) is 1.51. The van der Waals surface area contributed by atoms with Gasteiger partial charge in [-0.1, -0.05) is 18.2 Å². The van der Waals surface area contributed by atoms with Gasteiger partial charge in [0, 0.05) is 0 Å². The van der Waals surface area contributed by atoms with Gasteiger partial charge in [0.05, 0.1) is 12.7 Å². The molecule has 0 heterocycles. The van der Waals surface area contributed by atoms with Crippen LogP contribution in [0.25, 0.3) is 6.08 Å². The van der Waals surface area contributed by atoms with Crippen molar-refractivity contribution >= 4 is 24.7 Å². The number of hydrogen-bond acceptors (Lipinski definition) is 3. The molecule has 0 amide bonds. The Labute approximate surface area is 100 Å². The predicted octanol–water partition coefficient (Wildman–Crippen LogP) is 2.73. The average Bonchev–Trinajstić information content (AvgIpc) is 2.29. The molecule has 0 atom stereocenters. The van der Waals surface area contributed by atoms with Crippen molar-refractivity contribution in [3.05, 3.63) is 35.4 Å². The Morgan fingerprint density at radius 3 is 2.88 bits per heavy atom. The Hall–Kier alpha value is -1.42. The standard InChI is InChI=1S/C12H14O3S/c1-15-10-6-5-9(4-2-3-7-16)11(8-10)12(13)14/h2,4-6,8,16H,3,7H2,1H3,(H,13,14). The van der Waals surface area contributed by atoms with Crippen molar-refractivity contribution in [3.8, 4) is 5.75 Å². The first-order chi connectivity index (χ1) is 7.69. The van der Waals surface area contributed by atoms with Gasteiger partial charge in [0.15, 0.2) is 0 Å². The second-order valence-electron chi connectivity index (χ2n) is 3.17. The van der Waals surface area contributed by atoms with Crippen LogP contribution in [0.5, 0.6) is 5.75 Å². The third kappa shape index (κ3) is 3.31. The molecule has 0 spiro atoms. The van der Waals surface area contributed by atoms with Crippen LogP contribution < -0.4 is 4.74 Å². The first-order valence-corrected chi connectivity index (χ1v) is 5.51. The van der Waals surface area contributed by atoms with Gasteiger partial charge < -0.3 is 9.84 Å². The van der Waals surface area contributed by atoms with E-state index in [1.165, 1.54) is 13.2 Å². The molecule has 0 radical (unpaired) electrons. The fourth-order valence-corrected chi connectivity index (χ4v) is 1.43. The van der Waals surface area contributed by atoms with Gasteiger partial charge >= 0.3 is 5.97 Å². The smallest absolute Gasteiger partial charge is 0.336 e. The van der Waals surface area contributed by atoms with Gasteiger partial charge in [0.2, 0.25) is 0 Å². The molecule has 0 aliphatic rings. The molecule has 1 N–H and O–H groups in total. The van der Waals surface area contributed by atoms with Crippen molar-refractivity contribution in [3.63, 3.8) is 0 Å². The van der Waals surface area contributed by atoms with Crippen molar-refractivity contribution in [1.82, 2.24) is 0 Å². The largest absolute Gasteiger partial charge is 0.497 e. The highest BCUT2D eigenvalue weighted by atomic mass is 32.1. The fraction of sp³-hybridized carbons (Fsp3) is 0.250. The van der Waals surface area contributed by atoms with Gasteiger partial charge in [-0.2, -0.15) is 12.6 Å². The van der Waals surface area contributed by atoms with Crippen molar-refractivity contribution < 1.29 is 14.6 Å². The summed E-state index contributed by atoms with van der Waals surface area (Å²) in [4.78, 5) is 11.0. The number of carbonyl (C=O) groups is 1. The molecule has 3 nitrogen and oxygen atoms in total. The van der Waals surface area contributed by atoms with E-state index < -0.39 is 5.97 Å². The SMILES string of the molecule is COc1ccc(C=CCCS)c(C(=O)O)c1. The summed E-state index contributed by atoms with van der Waals surface area (Å²) in [5, 5.41) is 9.04. The van der Waals surface area contributed by atoms with Crippen molar-refractivity contribution in [2.45, 2.75) is 6.42 Å². The summed E-state index contributed by atoms with van der Waals surface area (Å²) < 4.78 is 4.99. The number of ether oxygens (including phenoxy) is 1. The molecule has 1 aromatic rings. The summed E-state index contributed by atoms with van der Waals surface area (Å²) in [5.41, 5.74) is 0.921. The molecule has 0 saturated carbocycles. The Bertz CT molecular complexity index is 399. The van der Waals surface area contributed by atoms with Crippen LogP contribution in [0.4, 0.5) is 0 Å². The predicted molar refractivity (Wildman–Crippen MR) is 67.5 cm³/mol. The topological polar surface area (TPSA) is 46.5 Å². The molecule has 0 aliphatic heterocycles. The lowest BCUT2D eigenvalue weighted by Crippen LogP contribution is -2.00. The van der Waals surface area contributed by atoms with Crippen LogP contribution in [0.3, 0.4) is 0 Å². The number of hydrogen-bond donors (Lipinski definition) is 2. The molecule has 86 valence electrons. The third-order valence-electron chi connectivity index (χ3n) is 2.08. The van der Waals surface area contributed by atoms with E-state index in [0.717, 1.165) is 12.2 Å². The number of benzene rings is 1. The lowest BCUT2D eigenvalue weighted by Gasteiger charge is -2.04. The molecule has 0 bridgehead atoms. The molecule has 4 heteroatoms. The van der Waals surface area contributed by atoms with E-state index in [0.29, 0.717) is 11.3 Å². The first-order valence-electron chi connectivity index (χ1n) is 4.87. The van der Waals surface area contributed by atoms with Crippen LogP contribution in [0.15, 0.2) is 24.3 Å². The zero-order valence-electron chi connectivity index (χ0n) is 9.01. The highest BCUT2D eigenvalue weighted by Gasteiger charge is 2.08. The van der Waals surface area contributed by atoms with Crippen LogP contribution in [-0.2, 0) is 0 Å². The number of methoxy groups -OCH3 is 1. The van der Waals surface area contributed by atoms with Gasteiger partial charge in [-0.25, -0.2) is 4.79 Å². The number of carboxylic acids is 1. The highest BCUT2D eigenvalue weighted by Crippen LogP contribution is 2.19. The summed E-state index contributed by atoms with van der Waals surface area (Å²) in [6, 6.07) is 4.99. The van der Waals surface area contributed by atoms with Gasteiger partial charge in [0.25, 0.3) is 0 Å². The number of rotatable bonds is 5. The molecule has 1 aromatic carbocycles. The summed E-state index contributed by atoms with van der Waals surface area (Å²) in [6.07, 6.45) is 4.51. The number of aromatic carboxylic acids is 1. The van der Waals surface area contributed by atoms with Gasteiger partial charge in [-0.05, 0) is 29.9 Å². The van der Waals surface area contributed by atoms with Crippen molar-refractivity contribution in [2.24, 2.45) is 0 Å². The summed E-state index contributed by atoms with van der Waals surface area (Å²) in [5.74, 6) is 0.336. The second kappa shape index (κ2) is 6.23. The molecular weight excluding hydrogens is 224 g/mol. The number of allylic oxidation sites excluding steroid dienone is 1. The zero-order chi connectivity index (χ0) is 12.0. The maximum Gasteiger partial charge on any atom is 0.336 e. The number of carboxylic acid groups (broad SMARTS) is 1. The van der Waals surface area contributed by atoms with Crippen LogP contribution >= 0.6 is 12.6 Å². The van der Waals surface area contributed by atoms with Gasteiger partial charge in [-0.3, -0.25) is 0 Å². The maximum atomic E-state index is 11.0. The molecular formula is C12H14O3S. The molecule has 0 saturated heterocycles. The highest BCUT2D eigenvalue weighted by molar-refractivity contribution is 7.80. The molecule has 1 rings (SSSR count). The minimum absolute atomic E-state index is 0.245. The van der Waals surface area contributed by atoms with E-state index in [1.54, 1.807) is 18.2 Å². The van der Waals surface area contributed by atoms with E-state index in [4.69, 9.17) is 9.84 Å². The minimum Gasteiger partial charge on any atom is -0.497 e. The summed E-state index contributed by atoms with van der Waals surface area (Å²) in [6.45, 7) is 0. The average molecular weight is 238 g/mol. The second-order valence-corrected chi connectivity index (χ2v) is 3.62. The number of thiol groups is 1. The molecule has 16 heavy (non-hydrogen) atoms.